The molecule has 0 aliphatic carbocycles. The third-order valence-electron chi connectivity index (χ3n) is 8.84. The maximum atomic E-state index is 14.4. The summed E-state index contributed by atoms with van der Waals surface area (Å²) in [6.07, 6.45) is 8.37. The van der Waals surface area contributed by atoms with E-state index < -0.39 is 6.17 Å². The van der Waals surface area contributed by atoms with Gasteiger partial charge in [0.15, 0.2) is 0 Å². The number of benzene rings is 3. The molecule has 204 valence electrons. The van der Waals surface area contributed by atoms with Gasteiger partial charge in [-0.05, 0) is 72.7 Å². The fourth-order valence-electron chi connectivity index (χ4n) is 6.95. The van der Waals surface area contributed by atoms with Crippen molar-refractivity contribution in [3.05, 3.63) is 54.1 Å². The molecule has 3 aliphatic heterocycles. The molecule has 3 atom stereocenters. The molecular weight excluding hydrogens is 505 g/mol. The second-order valence-corrected chi connectivity index (χ2v) is 11.5. The van der Waals surface area contributed by atoms with Crippen LogP contribution in [0, 0.1) is 12.3 Å². The molecule has 4 heterocycles. The number of anilines is 1. The van der Waals surface area contributed by atoms with Crippen molar-refractivity contribution in [2.24, 2.45) is 5.73 Å². The molecule has 3 fully saturated rings. The number of aromatic hydroxyl groups is 1. The third-order valence-corrected chi connectivity index (χ3v) is 8.84. The predicted molar refractivity (Wildman–Crippen MR) is 155 cm³/mol. The molecule has 3 N–H and O–H groups in total. The third kappa shape index (κ3) is 4.21. The van der Waals surface area contributed by atoms with Crippen LogP contribution < -0.4 is 15.4 Å². The van der Waals surface area contributed by atoms with Crippen molar-refractivity contribution in [2.45, 2.75) is 43.4 Å². The average molecular weight is 538 g/mol. The Morgan fingerprint density at radius 1 is 1.15 bits per heavy atom. The highest BCUT2D eigenvalue weighted by molar-refractivity contribution is 6.03. The van der Waals surface area contributed by atoms with Gasteiger partial charge in [-0.1, -0.05) is 24.1 Å². The largest absolute Gasteiger partial charge is 0.508 e. The van der Waals surface area contributed by atoms with Crippen LogP contribution in [-0.4, -0.2) is 70.5 Å². The number of phenols is 1. The van der Waals surface area contributed by atoms with Gasteiger partial charge in [-0.15, -0.1) is 6.42 Å². The molecule has 0 amide bonds. The molecule has 7 rings (SSSR count). The first-order valence-corrected chi connectivity index (χ1v) is 14.0. The average Bonchev–Trinajstić information content (AvgIpc) is 3.63. The van der Waals surface area contributed by atoms with E-state index in [-0.39, 0.29) is 23.3 Å². The minimum absolute atomic E-state index is 0.0837. The van der Waals surface area contributed by atoms with Gasteiger partial charge in [0, 0.05) is 48.4 Å². The van der Waals surface area contributed by atoms with Crippen molar-refractivity contribution in [1.82, 2.24) is 14.9 Å². The molecule has 7 nitrogen and oxygen atoms in total. The molecule has 3 saturated heterocycles. The Kier molecular flexibility index (Phi) is 6.02. The number of phenolic OH excluding ortho intramolecular Hbond substituents is 1. The van der Waals surface area contributed by atoms with E-state index in [9.17, 15) is 9.50 Å². The minimum atomic E-state index is -0.823. The summed E-state index contributed by atoms with van der Waals surface area (Å²) in [6.45, 7) is 3.25. The summed E-state index contributed by atoms with van der Waals surface area (Å²) in [6, 6.07) is 15.6. The van der Waals surface area contributed by atoms with Gasteiger partial charge < -0.3 is 20.5 Å². The molecule has 0 radical (unpaired) electrons. The first kappa shape index (κ1) is 25.1. The Hall–Kier alpha value is -3.93. The minimum Gasteiger partial charge on any atom is -0.508 e. The van der Waals surface area contributed by atoms with Gasteiger partial charge in [-0.25, -0.2) is 4.39 Å². The van der Waals surface area contributed by atoms with Crippen molar-refractivity contribution >= 4 is 27.5 Å². The maximum absolute atomic E-state index is 14.4. The van der Waals surface area contributed by atoms with Crippen molar-refractivity contribution in [3.8, 4) is 35.2 Å². The highest BCUT2D eigenvalue weighted by Gasteiger charge is 2.49. The molecule has 0 saturated carbocycles. The Morgan fingerprint density at radius 3 is 2.88 bits per heavy atom. The Morgan fingerprint density at radius 2 is 2.05 bits per heavy atom. The smallest absolute Gasteiger partial charge is 0.319 e. The monoisotopic (exact) mass is 537 g/mol. The molecule has 3 aliphatic rings. The van der Waals surface area contributed by atoms with E-state index >= 15 is 0 Å². The van der Waals surface area contributed by atoms with E-state index in [0.717, 1.165) is 76.5 Å². The van der Waals surface area contributed by atoms with Gasteiger partial charge >= 0.3 is 6.01 Å². The van der Waals surface area contributed by atoms with E-state index in [1.165, 1.54) is 0 Å². The van der Waals surface area contributed by atoms with Crippen LogP contribution >= 0.6 is 0 Å². The number of nitrogens with two attached hydrogens (primary N) is 1. The van der Waals surface area contributed by atoms with Gasteiger partial charge in [-0.3, -0.25) is 4.90 Å². The van der Waals surface area contributed by atoms with E-state index in [2.05, 4.69) is 15.7 Å². The van der Waals surface area contributed by atoms with Crippen LogP contribution in [-0.2, 0) is 0 Å². The molecule has 4 aromatic rings. The summed E-state index contributed by atoms with van der Waals surface area (Å²) >= 11 is 0. The highest BCUT2D eigenvalue weighted by Crippen LogP contribution is 2.41. The number of halogens is 1. The summed E-state index contributed by atoms with van der Waals surface area (Å²) in [5, 5.41) is 13.2. The summed E-state index contributed by atoms with van der Waals surface area (Å²) in [5.74, 6) is 3.74. The number of hydrogen-bond donors (Lipinski definition) is 2. The zero-order chi connectivity index (χ0) is 27.4. The normalized spacial score (nSPS) is 24.6. The molecule has 40 heavy (non-hydrogen) atoms. The number of terminal acetylenes is 1. The molecule has 1 aromatic heterocycles. The van der Waals surface area contributed by atoms with Gasteiger partial charge in [0.2, 0.25) is 0 Å². The van der Waals surface area contributed by atoms with Crippen LogP contribution in [0.2, 0.25) is 0 Å². The first-order chi connectivity index (χ1) is 19.4. The molecule has 3 aromatic carbocycles. The molecule has 1 unspecified atom stereocenters. The number of aromatic nitrogens is 2. The van der Waals surface area contributed by atoms with E-state index in [1.807, 2.05) is 36.4 Å². The van der Waals surface area contributed by atoms with Crippen LogP contribution in [0.3, 0.4) is 0 Å². The van der Waals surface area contributed by atoms with Gasteiger partial charge in [0.25, 0.3) is 0 Å². The van der Waals surface area contributed by atoms with E-state index in [1.54, 1.807) is 12.1 Å². The first-order valence-electron chi connectivity index (χ1n) is 14.0. The van der Waals surface area contributed by atoms with Crippen molar-refractivity contribution < 1.29 is 14.2 Å². The lowest BCUT2D eigenvalue weighted by Gasteiger charge is -2.31. The topological polar surface area (TPSA) is 87.7 Å². The molecule has 0 spiro atoms. The number of alkyl halides is 1. The van der Waals surface area contributed by atoms with Crippen molar-refractivity contribution in [2.75, 3.05) is 37.7 Å². The lowest BCUT2D eigenvalue weighted by Crippen LogP contribution is -2.43. The quantitative estimate of drug-likeness (QED) is 0.359. The maximum Gasteiger partial charge on any atom is 0.319 e. The summed E-state index contributed by atoms with van der Waals surface area (Å²) in [5.41, 5.74) is 9.15. The zero-order valence-corrected chi connectivity index (χ0v) is 22.3. The lowest BCUT2D eigenvalue weighted by molar-refractivity contribution is 0.107. The Bertz CT molecular complexity index is 1670. The van der Waals surface area contributed by atoms with Crippen LogP contribution in [0.1, 0.15) is 31.2 Å². The van der Waals surface area contributed by atoms with Crippen LogP contribution in [0.4, 0.5) is 10.2 Å². The van der Waals surface area contributed by atoms with Gasteiger partial charge in [-0.2, -0.15) is 9.97 Å². The number of ether oxygens (including phenoxy) is 1. The second-order valence-electron chi connectivity index (χ2n) is 11.5. The Labute approximate surface area is 232 Å². The standard InChI is InChI=1S/C32H32FN5O2/c1-2-20-5-3-6-22-13-25(39)15-27(29(20)22)21-7-8-26-28(14-21)35-31(36-30(26)37-12-9-24(34)18-37)40-19-32-10-4-11-38(32)17-23(33)16-32/h1,3,5-8,13-15,23-24,39H,4,9-12,16-19,34H2/t23-,24?,32+/m1/s1. The van der Waals surface area contributed by atoms with Gasteiger partial charge in [0.1, 0.15) is 24.3 Å². The second kappa shape index (κ2) is 9.61. The van der Waals surface area contributed by atoms with E-state index in [4.69, 9.17) is 26.9 Å². The fourth-order valence-corrected chi connectivity index (χ4v) is 6.95. The zero-order valence-electron chi connectivity index (χ0n) is 22.3. The predicted octanol–water partition coefficient (Wildman–Crippen LogP) is 4.63. The molecular formula is C32H32FN5O2. The Balaban J connectivity index is 1.33. The summed E-state index contributed by atoms with van der Waals surface area (Å²) in [7, 11) is 0. The highest BCUT2D eigenvalue weighted by atomic mass is 19.1. The van der Waals surface area contributed by atoms with Crippen LogP contribution in [0.15, 0.2) is 48.5 Å². The van der Waals surface area contributed by atoms with Crippen LogP contribution in [0.25, 0.3) is 32.8 Å². The van der Waals surface area contributed by atoms with Crippen molar-refractivity contribution in [1.29, 1.82) is 0 Å². The summed E-state index contributed by atoms with van der Waals surface area (Å²) < 4.78 is 20.6. The van der Waals surface area contributed by atoms with Gasteiger partial charge in [0.05, 0.1) is 11.1 Å². The SMILES string of the molecule is C#Cc1cccc2cc(O)cc(-c3ccc4c(N5CCC(N)C5)nc(OC[C@@]56CCCN5C[C@H](F)C6)nc4c3)c12. The number of rotatable bonds is 5. The molecule has 0 bridgehead atoms. The number of nitrogens with zero attached hydrogens (tertiary/aromatic N) is 4. The van der Waals surface area contributed by atoms with E-state index in [0.29, 0.717) is 26.1 Å². The number of hydrogen-bond acceptors (Lipinski definition) is 7. The number of fused-ring (bicyclic) bond motifs is 3. The molecule has 8 heteroatoms. The fraction of sp³-hybridized carbons (Fsp3) is 0.375. The summed E-state index contributed by atoms with van der Waals surface area (Å²) in [4.78, 5) is 14.1. The lowest BCUT2D eigenvalue weighted by atomic mass is 9.94. The van der Waals surface area contributed by atoms with Crippen molar-refractivity contribution in [3.63, 3.8) is 0 Å². The van der Waals surface area contributed by atoms with Crippen LogP contribution in [0.5, 0.6) is 11.8 Å².